The van der Waals surface area contributed by atoms with Crippen LogP contribution in [0.4, 0.5) is 0 Å². The standard InChI is InChI=1S/C15H18ClNO3S/c16-11-5-7-12(8-6-11)21-10-2-4-14(18)17-9-1-3-13(17)15(19)20/h5-8,13H,1-4,9-10H2,(H,19,20). The van der Waals surface area contributed by atoms with Crippen molar-refractivity contribution in [3.8, 4) is 0 Å². The molecule has 1 fully saturated rings. The number of thioether (sulfide) groups is 1. The minimum Gasteiger partial charge on any atom is -0.480 e. The number of amides is 1. The smallest absolute Gasteiger partial charge is 0.326 e. The van der Waals surface area contributed by atoms with Crippen LogP contribution in [0.3, 0.4) is 0 Å². The van der Waals surface area contributed by atoms with Gasteiger partial charge >= 0.3 is 5.97 Å². The predicted molar refractivity (Wildman–Crippen MR) is 83.8 cm³/mol. The zero-order valence-electron chi connectivity index (χ0n) is 11.6. The van der Waals surface area contributed by atoms with Gasteiger partial charge in [-0.3, -0.25) is 4.79 Å². The molecule has 1 aliphatic heterocycles. The van der Waals surface area contributed by atoms with E-state index in [1.54, 1.807) is 11.8 Å². The molecule has 1 heterocycles. The van der Waals surface area contributed by atoms with Gasteiger partial charge in [0, 0.05) is 22.9 Å². The summed E-state index contributed by atoms with van der Waals surface area (Å²) < 4.78 is 0. The quantitative estimate of drug-likeness (QED) is 0.643. The Morgan fingerprint density at radius 1 is 1.33 bits per heavy atom. The van der Waals surface area contributed by atoms with Gasteiger partial charge in [-0.05, 0) is 49.3 Å². The first kappa shape index (κ1) is 16.2. The number of nitrogens with zero attached hydrogens (tertiary/aromatic N) is 1. The van der Waals surface area contributed by atoms with E-state index < -0.39 is 12.0 Å². The Labute approximate surface area is 133 Å². The molecule has 1 aliphatic rings. The van der Waals surface area contributed by atoms with E-state index in [2.05, 4.69) is 0 Å². The number of hydrogen-bond donors (Lipinski definition) is 1. The highest BCUT2D eigenvalue weighted by atomic mass is 35.5. The molecule has 0 spiro atoms. The molecule has 0 aliphatic carbocycles. The van der Waals surface area contributed by atoms with E-state index in [1.165, 1.54) is 4.90 Å². The Morgan fingerprint density at radius 2 is 2.05 bits per heavy atom. The number of aliphatic carboxylic acids is 1. The molecule has 114 valence electrons. The summed E-state index contributed by atoms with van der Waals surface area (Å²) in [5, 5.41) is 9.78. The molecule has 6 heteroatoms. The van der Waals surface area contributed by atoms with Crippen LogP contribution in [0.25, 0.3) is 0 Å². The number of likely N-dealkylation sites (tertiary alicyclic amines) is 1. The highest BCUT2D eigenvalue weighted by Gasteiger charge is 2.33. The number of carbonyl (C=O) groups is 2. The molecule has 1 atom stereocenters. The van der Waals surface area contributed by atoms with Gasteiger partial charge in [-0.15, -0.1) is 11.8 Å². The van der Waals surface area contributed by atoms with Crippen molar-refractivity contribution in [1.29, 1.82) is 0 Å². The van der Waals surface area contributed by atoms with Crippen LogP contribution in [0.5, 0.6) is 0 Å². The molecule has 0 aromatic heterocycles. The van der Waals surface area contributed by atoms with Gasteiger partial charge in [0.25, 0.3) is 0 Å². The fraction of sp³-hybridized carbons (Fsp3) is 0.467. The van der Waals surface area contributed by atoms with E-state index in [0.717, 1.165) is 23.5 Å². The van der Waals surface area contributed by atoms with Crippen molar-refractivity contribution < 1.29 is 14.7 Å². The largest absolute Gasteiger partial charge is 0.480 e. The summed E-state index contributed by atoms with van der Waals surface area (Å²) in [7, 11) is 0. The number of halogens is 1. The molecule has 0 saturated carbocycles. The van der Waals surface area contributed by atoms with E-state index in [0.29, 0.717) is 24.4 Å². The van der Waals surface area contributed by atoms with Gasteiger partial charge < -0.3 is 10.0 Å². The molecule has 21 heavy (non-hydrogen) atoms. The van der Waals surface area contributed by atoms with Gasteiger partial charge in [0.15, 0.2) is 0 Å². The summed E-state index contributed by atoms with van der Waals surface area (Å²) in [5.74, 6) is -0.105. The lowest BCUT2D eigenvalue weighted by Crippen LogP contribution is -2.40. The van der Waals surface area contributed by atoms with Crippen LogP contribution in [-0.4, -0.2) is 40.2 Å². The van der Waals surface area contributed by atoms with E-state index in [9.17, 15) is 9.59 Å². The summed E-state index contributed by atoms with van der Waals surface area (Å²) in [6.45, 7) is 0.570. The Hall–Kier alpha value is -1.20. The highest BCUT2D eigenvalue weighted by Crippen LogP contribution is 2.23. The van der Waals surface area contributed by atoms with Crippen molar-refractivity contribution >= 4 is 35.2 Å². The van der Waals surface area contributed by atoms with Crippen molar-refractivity contribution in [3.05, 3.63) is 29.3 Å². The molecule has 1 amide bonds. The summed E-state index contributed by atoms with van der Waals surface area (Å²) in [4.78, 5) is 25.7. The second-order valence-electron chi connectivity index (χ2n) is 4.99. The second-order valence-corrected chi connectivity index (χ2v) is 6.59. The number of carbonyl (C=O) groups excluding carboxylic acids is 1. The molecule has 4 nitrogen and oxygen atoms in total. The summed E-state index contributed by atoms with van der Waals surface area (Å²) >= 11 is 7.49. The number of hydrogen-bond acceptors (Lipinski definition) is 3. The Bertz CT molecular complexity index is 506. The zero-order valence-corrected chi connectivity index (χ0v) is 13.2. The van der Waals surface area contributed by atoms with Gasteiger partial charge in [-0.25, -0.2) is 4.79 Å². The molecule has 0 bridgehead atoms. The average molecular weight is 328 g/mol. The first-order valence-corrected chi connectivity index (χ1v) is 8.35. The minimum atomic E-state index is -0.892. The first-order chi connectivity index (χ1) is 10.1. The van der Waals surface area contributed by atoms with Crippen molar-refractivity contribution in [1.82, 2.24) is 4.90 Å². The highest BCUT2D eigenvalue weighted by molar-refractivity contribution is 7.99. The van der Waals surface area contributed by atoms with E-state index in [4.69, 9.17) is 16.7 Å². The van der Waals surface area contributed by atoms with Gasteiger partial charge in [-0.1, -0.05) is 11.6 Å². The van der Waals surface area contributed by atoms with E-state index in [-0.39, 0.29) is 5.91 Å². The minimum absolute atomic E-state index is 0.0448. The van der Waals surface area contributed by atoms with Crippen LogP contribution in [0.15, 0.2) is 29.2 Å². The SMILES string of the molecule is O=C(O)C1CCCN1C(=O)CCCSc1ccc(Cl)cc1. The third-order valence-electron chi connectivity index (χ3n) is 3.48. The van der Waals surface area contributed by atoms with Gasteiger partial charge in [0.1, 0.15) is 6.04 Å². The summed E-state index contributed by atoms with van der Waals surface area (Å²) in [5.41, 5.74) is 0. The molecule has 1 N–H and O–H groups in total. The Morgan fingerprint density at radius 3 is 2.71 bits per heavy atom. The molecule has 0 radical (unpaired) electrons. The lowest BCUT2D eigenvalue weighted by molar-refractivity contribution is -0.148. The fourth-order valence-electron chi connectivity index (χ4n) is 2.41. The number of benzene rings is 1. The molecule has 1 unspecified atom stereocenters. The molecule has 1 aromatic carbocycles. The van der Waals surface area contributed by atoms with Crippen LogP contribution >= 0.6 is 23.4 Å². The van der Waals surface area contributed by atoms with Crippen molar-refractivity contribution in [2.24, 2.45) is 0 Å². The second kappa shape index (κ2) is 7.71. The Kier molecular flexibility index (Phi) is 5.94. The van der Waals surface area contributed by atoms with Crippen molar-refractivity contribution in [2.75, 3.05) is 12.3 Å². The number of carboxylic acids is 1. The van der Waals surface area contributed by atoms with E-state index >= 15 is 0 Å². The molecular formula is C15H18ClNO3S. The molecule has 2 rings (SSSR count). The van der Waals surface area contributed by atoms with Gasteiger partial charge in [0.05, 0.1) is 0 Å². The third-order valence-corrected chi connectivity index (χ3v) is 4.83. The number of carboxylic acid groups (broad SMARTS) is 1. The van der Waals surface area contributed by atoms with Crippen LogP contribution in [0, 0.1) is 0 Å². The predicted octanol–water partition coefficient (Wildman–Crippen LogP) is 3.29. The van der Waals surface area contributed by atoms with Crippen LogP contribution in [-0.2, 0) is 9.59 Å². The number of rotatable bonds is 6. The Balaban J connectivity index is 1.72. The maximum absolute atomic E-state index is 12.1. The molecular weight excluding hydrogens is 310 g/mol. The maximum atomic E-state index is 12.1. The summed E-state index contributed by atoms with van der Waals surface area (Å²) in [6.07, 6.45) is 2.50. The summed E-state index contributed by atoms with van der Waals surface area (Å²) in [6, 6.07) is 6.97. The molecule has 1 saturated heterocycles. The van der Waals surface area contributed by atoms with Gasteiger partial charge in [0.2, 0.25) is 5.91 Å². The lowest BCUT2D eigenvalue weighted by atomic mass is 10.2. The van der Waals surface area contributed by atoms with Crippen LogP contribution in [0.1, 0.15) is 25.7 Å². The fourth-order valence-corrected chi connectivity index (χ4v) is 3.39. The lowest BCUT2D eigenvalue weighted by Gasteiger charge is -2.21. The van der Waals surface area contributed by atoms with Crippen LogP contribution < -0.4 is 0 Å². The van der Waals surface area contributed by atoms with Crippen LogP contribution in [0.2, 0.25) is 5.02 Å². The van der Waals surface area contributed by atoms with E-state index in [1.807, 2.05) is 24.3 Å². The maximum Gasteiger partial charge on any atom is 0.326 e. The first-order valence-electron chi connectivity index (χ1n) is 6.98. The van der Waals surface area contributed by atoms with Gasteiger partial charge in [-0.2, -0.15) is 0 Å². The normalized spacial score (nSPS) is 18.0. The molecule has 1 aromatic rings. The average Bonchev–Trinajstić information content (AvgIpc) is 2.95. The van der Waals surface area contributed by atoms with Crippen molar-refractivity contribution in [2.45, 2.75) is 36.6 Å². The van der Waals surface area contributed by atoms with Crippen molar-refractivity contribution in [3.63, 3.8) is 0 Å². The zero-order chi connectivity index (χ0) is 15.2. The third kappa shape index (κ3) is 4.64. The monoisotopic (exact) mass is 327 g/mol. The topological polar surface area (TPSA) is 57.6 Å².